The smallest absolute Gasteiger partial charge is 0.331 e. The van der Waals surface area contributed by atoms with Crippen LogP contribution in [0.25, 0.3) is 0 Å². The van der Waals surface area contributed by atoms with Crippen LogP contribution in [0.15, 0.2) is 54.7 Å². The molecule has 0 radical (unpaired) electrons. The molecule has 1 saturated carbocycles. The first-order valence-corrected chi connectivity index (χ1v) is 15.9. The zero-order chi connectivity index (χ0) is 30.2. The molecule has 1 N–H and O–H groups in total. The lowest BCUT2D eigenvalue weighted by molar-refractivity contribution is -0.148. The lowest BCUT2D eigenvalue weighted by Crippen LogP contribution is -2.56. The summed E-state index contributed by atoms with van der Waals surface area (Å²) >= 11 is 6.26. The van der Waals surface area contributed by atoms with Gasteiger partial charge in [0.05, 0.1) is 13.7 Å². The van der Waals surface area contributed by atoms with Crippen molar-refractivity contribution >= 4 is 23.3 Å². The van der Waals surface area contributed by atoms with Crippen molar-refractivity contribution in [2.24, 2.45) is 5.92 Å². The minimum Gasteiger partial charge on any atom is -0.493 e. The number of carbonyl (C=O) groups is 1. The number of ether oxygens (including phenoxy) is 2. The van der Waals surface area contributed by atoms with Crippen molar-refractivity contribution in [3.8, 4) is 5.75 Å². The summed E-state index contributed by atoms with van der Waals surface area (Å²) in [4.78, 5) is 20.4. The largest absolute Gasteiger partial charge is 0.493 e. The van der Waals surface area contributed by atoms with Crippen LogP contribution in [0.2, 0.25) is 5.02 Å². The Morgan fingerprint density at radius 3 is 2.77 bits per heavy atom. The summed E-state index contributed by atoms with van der Waals surface area (Å²) in [5.41, 5.74) is 4.25. The maximum absolute atomic E-state index is 14.4. The molecule has 3 aliphatic rings. The third-order valence-electron chi connectivity index (χ3n) is 9.88. The highest BCUT2D eigenvalue weighted by Gasteiger charge is 2.53. The second-order valence-electron chi connectivity index (χ2n) is 12.8. The molecule has 1 aliphatic heterocycles. The van der Waals surface area contributed by atoms with Crippen molar-refractivity contribution in [3.63, 3.8) is 0 Å². The number of methoxy groups -OCH3 is 1. The second-order valence-corrected chi connectivity index (χ2v) is 13.2. The summed E-state index contributed by atoms with van der Waals surface area (Å²) in [5.74, 6) is 1.15. The van der Waals surface area contributed by atoms with Crippen LogP contribution in [-0.2, 0) is 28.0 Å². The highest BCUT2D eigenvalue weighted by atomic mass is 35.5. The number of esters is 1. The fourth-order valence-corrected chi connectivity index (χ4v) is 7.93. The predicted molar refractivity (Wildman–Crippen MR) is 167 cm³/mol. The van der Waals surface area contributed by atoms with Gasteiger partial charge >= 0.3 is 5.97 Å². The number of anilines is 1. The number of rotatable bonds is 8. The van der Waals surface area contributed by atoms with Gasteiger partial charge in [-0.05, 0) is 98.4 Å². The number of carbonyl (C=O) groups excluding carboxylic acids is 1. The van der Waals surface area contributed by atoms with Gasteiger partial charge in [0.1, 0.15) is 17.1 Å². The minimum atomic E-state index is -0.870. The van der Waals surface area contributed by atoms with Crippen LogP contribution in [0, 0.1) is 11.7 Å². The highest BCUT2D eigenvalue weighted by molar-refractivity contribution is 6.30. The predicted octanol–water partition coefficient (Wildman–Crippen LogP) is 7.64. The number of nitrogens with zero attached hydrogens (tertiary/aromatic N) is 2. The van der Waals surface area contributed by atoms with Gasteiger partial charge in [0, 0.05) is 52.7 Å². The van der Waals surface area contributed by atoms with Gasteiger partial charge in [-0.25, -0.2) is 9.18 Å². The van der Waals surface area contributed by atoms with Crippen molar-refractivity contribution < 1.29 is 18.7 Å². The van der Waals surface area contributed by atoms with Gasteiger partial charge in [-0.1, -0.05) is 37.6 Å². The molecule has 3 aromatic rings. The van der Waals surface area contributed by atoms with E-state index in [4.69, 9.17) is 21.1 Å². The Morgan fingerprint density at radius 2 is 2.00 bits per heavy atom. The van der Waals surface area contributed by atoms with Crippen LogP contribution < -0.4 is 10.1 Å². The summed E-state index contributed by atoms with van der Waals surface area (Å²) in [6.07, 6.45) is 7.83. The molecule has 1 fully saturated rings. The number of nitrogens with one attached hydrogen (secondary N) is 1. The van der Waals surface area contributed by atoms with Crippen molar-refractivity contribution in [3.05, 3.63) is 88.0 Å². The van der Waals surface area contributed by atoms with Gasteiger partial charge in [-0.3, -0.25) is 9.88 Å². The topological polar surface area (TPSA) is 63.7 Å². The third-order valence-corrected chi connectivity index (χ3v) is 10.1. The number of hydrogen-bond donors (Lipinski definition) is 1. The van der Waals surface area contributed by atoms with Crippen molar-refractivity contribution in [1.29, 1.82) is 0 Å². The Balaban J connectivity index is 1.22. The average Bonchev–Trinajstić information content (AvgIpc) is 3.28. The van der Waals surface area contributed by atoms with E-state index in [0.717, 1.165) is 49.2 Å². The lowest BCUT2D eigenvalue weighted by atomic mass is 9.69. The molecule has 2 heterocycles. The third kappa shape index (κ3) is 5.74. The quantitative estimate of drug-likeness (QED) is 0.266. The number of pyridine rings is 1. The Morgan fingerprint density at radius 1 is 1.19 bits per heavy atom. The molecule has 6 rings (SSSR count). The monoisotopic (exact) mass is 605 g/mol. The van der Waals surface area contributed by atoms with Crippen molar-refractivity contribution in [2.75, 3.05) is 25.6 Å². The Kier molecular flexibility index (Phi) is 8.40. The normalized spacial score (nSPS) is 25.6. The number of halogens is 2. The molecule has 2 aliphatic carbocycles. The first kappa shape index (κ1) is 29.9. The van der Waals surface area contributed by atoms with E-state index in [1.165, 1.54) is 30.4 Å². The molecule has 6 nitrogen and oxygen atoms in total. The molecule has 1 aromatic heterocycles. The van der Waals surface area contributed by atoms with E-state index in [-0.39, 0.29) is 23.2 Å². The van der Waals surface area contributed by atoms with Crippen molar-refractivity contribution in [1.82, 2.24) is 9.88 Å². The average molecular weight is 606 g/mol. The number of hydrogen-bond acceptors (Lipinski definition) is 6. The molecule has 228 valence electrons. The highest BCUT2D eigenvalue weighted by Crippen LogP contribution is 2.52. The molecule has 2 aromatic carbocycles. The maximum atomic E-state index is 14.4. The van der Waals surface area contributed by atoms with Crippen molar-refractivity contribution in [2.45, 2.75) is 82.3 Å². The number of fused-ring (bicyclic) bond motifs is 3. The van der Waals surface area contributed by atoms with Crippen LogP contribution in [-0.4, -0.2) is 41.7 Å². The second kappa shape index (κ2) is 12.1. The molecular weight excluding hydrogens is 565 g/mol. The standard InChI is InChI=1S/C35H41ClFN3O3/c1-23(22-43-31-12-17-38-30-9-4-6-24(2)32(30)31)20-40-21-25-18-27(37)10-11-29(25)35(40)15-13-34(14-16-35,33(41)42-3)39-28-8-5-7-26(36)19-28/h5,7-8,10-12,17-19,23-24,39H,4,6,9,13-16,20-22H2,1-3H3/t23-,24-,34?,35?/m1/s1. The fourth-order valence-electron chi connectivity index (χ4n) is 7.74. The van der Waals surface area contributed by atoms with Gasteiger partial charge in [0.2, 0.25) is 0 Å². The van der Waals surface area contributed by atoms with Gasteiger partial charge < -0.3 is 14.8 Å². The molecule has 1 spiro atoms. The Labute approximate surface area is 258 Å². The number of benzene rings is 2. The van der Waals surface area contributed by atoms with Crippen LogP contribution in [0.3, 0.4) is 0 Å². The van der Waals surface area contributed by atoms with Gasteiger partial charge in [0.25, 0.3) is 0 Å². The fraction of sp³-hybridized carbons (Fsp3) is 0.486. The van der Waals surface area contributed by atoms with Crippen LogP contribution in [0.1, 0.15) is 80.7 Å². The first-order chi connectivity index (χ1) is 20.7. The Bertz CT molecular complexity index is 1490. The van der Waals surface area contributed by atoms with E-state index in [1.54, 1.807) is 12.1 Å². The van der Waals surface area contributed by atoms with E-state index in [9.17, 15) is 9.18 Å². The van der Waals surface area contributed by atoms with Crippen LogP contribution >= 0.6 is 11.6 Å². The summed E-state index contributed by atoms with van der Waals surface area (Å²) in [5, 5.41) is 4.09. The minimum absolute atomic E-state index is 0.217. The maximum Gasteiger partial charge on any atom is 0.331 e. The first-order valence-electron chi connectivity index (χ1n) is 15.5. The molecule has 43 heavy (non-hydrogen) atoms. The van der Waals surface area contributed by atoms with Crippen LogP contribution in [0.4, 0.5) is 10.1 Å². The number of aromatic nitrogens is 1. The SMILES string of the molecule is COC(=O)C1(Nc2cccc(Cl)c2)CCC2(CC1)c1ccc(F)cc1CN2C[C@@H](C)COc1ccnc2c1[C@H](C)CCC2. The number of aryl methyl sites for hydroxylation is 1. The van der Waals surface area contributed by atoms with Crippen LogP contribution in [0.5, 0.6) is 5.75 Å². The summed E-state index contributed by atoms with van der Waals surface area (Å²) in [7, 11) is 1.44. The van der Waals surface area contributed by atoms with E-state index >= 15 is 0 Å². The summed E-state index contributed by atoms with van der Waals surface area (Å²) < 4.78 is 26.2. The molecule has 2 atom stereocenters. The van der Waals surface area contributed by atoms with Gasteiger partial charge in [-0.15, -0.1) is 0 Å². The Hall–Kier alpha value is -3.16. The zero-order valence-electron chi connectivity index (χ0n) is 25.3. The molecule has 8 heteroatoms. The molecule has 0 saturated heterocycles. The van der Waals surface area contributed by atoms with E-state index in [1.807, 2.05) is 42.6 Å². The molecule has 0 unspecified atom stereocenters. The van der Waals surface area contributed by atoms with E-state index in [0.29, 0.717) is 36.9 Å². The van der Waals surface area contributed by atoms with E-state index < -0.39 is 5.54 Å². The molecular formula is C35H41ClFN3O3. The summed E-state index contributed by atoms with van der Waals surface area (Å²) in [6.45, 7) is 6.54. The van der Waals surface area contributed by atoms with E-state index in [2.05, 4.69) is 29.0 Å². The van der Waals surface area contributed by atoms with Gasteiger partial charge in [0.15, 0.2) is 0 Å². The molecule has 0 amide bonds. The lowest BCUT2D eigenvalue weighted by Gasteiger charge is -2.49. The van der Waals surface area contributed by atoms with Gasteiger partial charge in [-0.2, -0.15) is 0 Å². The summed E-state index contributed by atoms with van der Waals surface area (Å²) in [6, 6.07) is 14.6. The molecule has 0 bridgehead atoms. The zero-order valence-corrected chi connectivity index (χ0v) is 26.1.